The van der Waals surface area contributed by atoms with Crippen LogP contribution < -0.4 is 5.73 Å². The molecule has 0 radical (unpaired) electrons. The number of carbonyl (C=O) groups excluding carboxylic acids is 1. The Bertz CT molecular complexity index is 271. The van der Waals surface area contributed by atoms with Crippen molar-refractivity contribution in [3.05, 3.63) is 21.9 Å². The molecule has 0 fully saturated rings. The summed E-state index contributed by atoms with van der Waals surface area (Å²) in [7, 11) is 0. The highest BCUT2D eigenvalue weighted by Gasteiger charge is 2.11. The van der Waals surface area contributed by atoms with Gasteiger partial charge in [0.25, 0.3) is 6.43 Å². The fourth-order valence-corrected chi connectivity index (χ4v) is 1.34. The molecule has 1 aromatic heterocycles. The molecule has 2 N–H and O–H groups in total. The number of hydrogen-bond acceptors (Lipinski definition) is 2. The van der Waals surface area contributed by atoms with E-state index in [1.54, 1.807) is 0 Å². The van der Waals surface area contributed by atoms with Crippen LogP contribution in [0.5, 0.6) is 0 Å². The van der Waals surface area contributed by atoms with E-state index in [4.69, 9.17) is 5.73 Å². The minimum Gasteiger partial charge on any atom is -0.366 e. The number of halogens is 2. The summed E-state index contributed by atoms with van der Waals surface area (Å²) in [5.41, 5.74) is 4.99. The average Bonchev–Trinajstić information content (AvgIpc) is 2.33. The van der Waals surface area contributed by atoms with E-state index in [2.05, 4.69) is 0 Å². The third-order valence-corrected chi connectivity index (χ3v) is 2.06. The van der Waals surface area contributed by atoms with Gasteiger partial charge in [-0.3, -0.25) is 4.79 Å². The molecule has 60 valence electrons. The van der Waals surface area contributed by atoms with Gasteiger partial charge in [-0.05, 0) is 6.07 Å². The lowest BCUT2D eigenvalue weighted by atomic mass is 10.3. The molecule has 0 aliphatic rings. The molecule has 0 atom stereocenters. The summed E-state index contributed by atoms with van der Waals surface area (Å²) in [6, 6.07) is 1.11. The monoisotopic (exact) mass is 177 g/mol. The first-order valence-electron chi connectivity index (χ1n) is 2.77. The van der Waals surface area contributed by atoms with Crippen LogP contribution in [0, 0.1) is 0 Å². The first kappa shape index (κ1) is 8.13. The second-order valence-electron chi connectivity index (χ2n) is 1.90. The van der Waals surface area contributed by atoms with Gasteiger partial charge in [0, 0.05) is 5.38 Å². The summed E-state index contributed by atoms with van der Waals surface area (Å²) in [6.45, 7) is 0. The van der Waals surface area contributed by atoms with Gasteiger partial charge in [0.1, 0.15) is 0 Å². The van der Waals surface area contributed by atoms with Gasteiger partial charge in [-0.1, -0.05) is 0 Å². The van der Waals surface area contributed by atoms with Gasteiger partial charge in [-0.25, -0.2) is 8.78 Å². The van der Waals surface area contributed by atoms with Crippen molar-refractivity contribution in [2.24, 2.45) is 5.73 Å². The van der Waals surface area contributed by atoms with Crippen LogP contribution in [0.25, 0.3) is 0 Å². The molecule has 0 spiro atoms. The summed E-state index contributed by atoms with van der Waals surface area (Å²) in [5, 5.41) is 1.32. The third-order valence-electron chi connectivity index (χ3n) is 1.12. The van der Waals surface area contributed by atoms with Gasteiger partial charge < -0.3 is 5.73 Å². The first-order valence-corrected chi connectivity index (χ1v) is 3.65. The van der Waals surface area contributed by atoms with Gasteiger partial charge >= 0.3 is 0 Å². The Hall–Kier alpha value is -0.970. The Morgan fingerprint density at radius 3 is 2.55 bits per heavy atom. The molecule has 1 aromatic rings. The van der Waals surface area contributed by atoms with E-state index in [1.165, 1.54) is 5.38 Å². The predicted octanol–water partition coefficient (Wildman–Crippen LogP) is 1.78. The smallest absolute Gasteiger partial charge is 0.272 e. The van der Waals surface area contributed by atoms with Crippen molar-refractivity contribution in [2.75, 3.05) is 0 Å². The van der Waals surface area contributed by atoms with Gasteiger partial charge in [-0.2, -0.15) is 0 Å². The van der Waals surface area contributed by atoms with Gasteiger partial charge in [0.2, 0.25) is 5.91 Å². The lowest BCUT2D eigenvalue weighted by Crippen LogP contribution is -2.09. The van der Waals surface area contributed by atoms with Crippen molar-refractivity contribution in [3.8, 4) is 0 Å². The minimum absolute atomic E-state index is 0.126. The molecule has 0 aliphatic heterocycles. The quantitative estimate of drug-likeness (QED) is 0.735. The summed E-state index contributed by atoms with van der Waals surface area (Å²) in [6.07, 6.45) is -2.52. The summed E-state index contributed by atoms with van der Waals surface area (Å²) >= 11 is 0.835. The normalized spacial score (nSPS) is 10.5. The lowest BCUT2D eigenvalue weighted by Gasteiger charge is -1.88. The maximum absolute atomic E-state index is 11.9. The van der Waals surface area contributed by atoms with E-state index in [9.17, 15) is 13.6 Å². The van der Waals surface area contributed by atoms with Crippen molar-refractivity contribution >= 4 is 17.2 Å². The van der Waals surface area contributed by atoms with Crippen LogP contribution in [-0.2, 0) is 0 Å². The fourth-order valence-electron chi connectivity index (χ4n) is 0.596. The van der Waals surface area contributed by atoms with Crippen LogP contribution in [0.2, 0.25) is 0 Å². The highest BCUT2D eigenvalue weighted by molar-refractivity contribution is 7.10. The number of hydrogen-bond donors (Lipinski definition) is 1. The first-order chi connectivity index (χ1) is 5.11. The van der Waals surface area contributed by atoms with Crippen molar-refractivity contribution in [1.82, 2.24) is 0 Å². The van der Waals surface area contributed by atoms with Crippen LogP contribution in [0.1, 0.15) is 21.7 Å². The zero-order valence-corrected chi connectivity index (χ0v) is 6.20. The Morgan fingerprint density at radius 1 is 1.64 bits per heavy atom. The van der Waals surface area contributed by atoms with Gasteiger partial charge in [0.05, 0.1) is 10.4 Å². The number of thiophene rings is 1. The molecular formula is C6H5F2NOS. The molecule has 1 rings (SSSR count). The van der Waals surface area contributed by atoms with E-state index in [-0.39, 0.29) is 10.4 Å². The minimum atomic E-state index is -2.52. The maximum Gasteiger partial charge on any atom is 0.272 e. The van der Waals surface area contributed by atoms with E-state index < -0.39 is 12.3 Å². The molecule has 5 heteroatoms. The van der Waals surface area contributed by atoms with Crippen LogP contribution in [0.4, 0.5) is 8.78 Å². The Kier molecular flexibility index (Phi) is 2.19. The standard InChI is InChI=1S/C6H5F2NOS/c7-5(8)4-1-3(2-11-4)6(9)10/h1-2,5H,(H2,9,10). The number of nitrogens with two attached hydrogens (primary N) is 1. The van der Waals surface area contributed by atoms with Gasteiger partial charge in [-0.15, -0.1) is 11.3 Å². The van der Waals surface area contributed by atoms with Crippen LogP contribution in [0.3, 0.4) is 0 Å². The molecule has 0 bridgehead atoms. The van der Waals surface area contributed by atoms with Crippen LogP contribution in [-0.4, -0.2) is 5.91 Å². The molecule has 0 saturated carbocycles. The molecular weight excluding hydrogens is 172 g/mol. The number of alkyl halides is 2. The van der Waals surface area contributed by atoms with Gasteiger partial charge in [0.15, 0.2) is 0 Å². The highest BCUT2D eigenvalue weighted by Crippen LogP contribution is 2.25. The van der Waals surface area contributed by atoms with Crippen molar-refractivity contribution in [3.63, 3.8) is 0 Å². The molecule has 0 aliphatic carbocycles. The average molecular weight is 177 g/mol. The Morgan fingerprint density at radius 2 is 2.27 bits per heavy atom. The Balaban J connectivity index is 2.90. The number of carbonyl (C=O) groups is 1. The molecule has 11 heavy (non-hydrogen) atoms. The topological polar surface area (TPSA) is 43.1 Å². The van der Waals surface area contributed by atoms with E-state index in [0.717, 1.165) is 17.4 Å². The molecule has 2 nitrogen and oxygen atoms in total. The molecule has 1 heterocycles. The van der Waals surface area contributed by atoms with E-state index in [0.29, 0.717) is 0 Å². The largest absolute Gasteiger partial charge is 0.366 e. The number of primary amides is 1. The van der Waals surface area contributed by atoms with Crippen molar-refractivity contribution in [2.45, 2.75) is 6.43 Å². The molecule has 0 unspecified atom stereocenters. The highest BCUT2D eigenvalue weighted by atomic mass is 32.1. The molecule has 0 saturated heterocycles. The van der Waals surface area contributed by atoms with Crippen molar-refractivity contribution in [1.29, 1.82) is 0 Å². The van der Waals surface area contributed by atoms with E-state index >= 15 is 0 Å². The number of rotatable bonds is 2. The summed E-state index contributed by atoms with van der Waals surface area (Å²) < 4.78 is 23.8. The fraction of sp³-hybridized carbons (Fsp3) is 0.167. The zero-order chi connectivity index (χ0) is 8.43. The van der Waals surface area contributed by atoms with E-state index in [1.807, 2.05) is 0 Å². The zero-order valence-electron chi connectivity index (χ0n) is 5.38. The number of amides is 1. The van der Waals surface area contributed by atoms with Crippen molar-refractivity contribution < 1.29 is 13.6 Å². The third kappa shape index (κ3) is 1.74. The SMILES string of the molecule is NC(=O)c1csc(C(F)F)c1. The molecule has 1 amide bonds. The van der Waals surface area contributed by atoms with Crippen LogP contribution in [0.15, 0.2) is 11.4 Å². The second kappa shape index (κ2) is 2.96. The Labute approximate surface area is 65.6 Å². The predicted molar refractivity (Wildman–Crippen MR) is 37.8 cm³/mol. The summed E-state index contributed by atoms with van der Waals surface area (Å²) in [4.78, 5) is 10.3. The lowest BCUT2D eigenvalue weighted by molar-refractivity contribution is 0.100. The second-order valence-corrected chi connectivity index (χ2v) is 2.85. The maximum atomic E-state index is 11.9. The summed E-state index contributed by atoms with van der Waals surface area (Å²) in [5.74, 6) is -0.673. The molecule has 0 aromatic carbocycles. The van der Waals surface area contributed by atoms with Crippen LogP contribution >= 0.6 is 11.3 Å².